The maximum Gasteiger partial charge on any atom is 0.325 e. The molecule has 1 fully saturated rings. The van der Waals surface area contributed by atoms with Gasteiger partial charge in [-0.05, 0) is 29.7 Å². The topological polar surface area (TPSA) is 107 Å². The highest BCUT2D eigenvalue weighted by Crippen LogP contribution is 2.31. The molecule has 9 nitrogen and oxygen atoms in total. The molecule has 0 saturated carbocycles. The molecule has 0 aromatic heterocycles. The monoisotopic (exact) mass is 565 g/mol. The van der Waals surface area contributed by atoms with Crippen molar-refractivity contribution in [3.05, 3.63) is 70.7 Å². The molecule has 4 rings (SSSR count). The number of nitrogens with two attached hydrogens (primary N) is 1. The molecule has 2 N–H and O–H groups in total. The highest BCUT2D eigenvalue weighted by Gasteiger charge is 2.39. The fourth-order valence-corrected chi connectivity index (χ4v) is 5.43. The van der Waals surface area contributed by atoms with Crippen molar-refractivity contribution in [1.29, 1.82) is 0 Å². The zero-order valence-electron chi connectivity index (χ0n) is 21.1. The minimum Gasteiger partial charge on any atom is -0.369 e. The normalized spacial score (nSPS) is 21.2. The summed E-state index contributed by atoms with van der Waals surface area (Å²) in [5.74, 6) is -3.21. The van der Waals surface area contributed by atoms with Crippen molar-refractivity contribution >= 4 is 39.4 Å². The van der Waals surface area contributed by atoms with Crippen LogP contribution in [0.25, 0.3) is 0 Å². The third kappa shape index (κ3) is 6.66. The van der Waals surface area contributed by atoms with Gasteiger partial charge in [0.1, 0.15) is 0 Å². The van der Waals surface area contributed by atoms with Gasteiger partial charge in [-0.25, -0.2) is 13.8 Å². The van der Waals surface area contributed by atoms with E-state index >= 15 is 0 Å². The second-order valence-electron chi connectivity index (χ2n) is 9.36. The number of alkyl halides is 2. The van der Waals surface area contributed by atoms with Crippen LogP contribution in [-0.4, -0.2) is 79.9 Å². The van der Waals surface area contributed by atoms with E-state index in [4.69, 9.17) is 22.4 Å². The molecule has 0 spiro atoms. The SMILES string of the molecule is CN(C)/C(N)=N/C(=N\S(=O)(=O)N1CCC(F)(F)CC1)N1CCC(c2ccccc2)C(c2ccc(Cl)cc2)=N1. The Morgan fingerprint density at radius 3 is 2.32 bits per heavy atom. The molecule has 0 bridgehead atoms. The van der Waals surface area contributed by atoms with E-state index in [-0.39, 0.29) is 30.9 Å². The summed E-state index contributed by atoms with van der Waals surface area (Å²) in [4.78, 5) is 5.77. The molecular weight excluding hydrogens is 536 g/mol. The number of nitrogens with zero attached hydrogens (tertiary/aromatic N) is 6. The highest BCUT2D eigenvalue weighted by molar-refractivity contribution is 7.87. The number of guanidine groups is 2. The van der Waals surface area contributed by atoms with Crippen LogP contribution in [0, 0.1) is 0 Å². The molecular formula is C25H30ClF2N7O2S. The molecule has 0 radical (unpaired) electrons. The van der Waals surface area contributed by atoms with Crippen molar-refractivity contribution < 1.29 is 17.2 Å². The standard InChI is InChI=1S/C25H30ClF2N7O2S/c1-33(2)23(29)30-24(32-38(36,37)34-16-13-25(27,28)14-17-34)35-15-12-21(18-6-4-3-5-7-18)22(31-35)19-8-10-20(26)11-9-19/h3-11,21H,12-17H2,1-2H3,(H2,29,30,32). The summed E-state index contributed by atoms with van der Waals surface area (Å²) in [5, 5.41) is 6.77. The second-order valence-corrected chi connectivity index (χ2v) is 11.4. The summed E-state index contributed by atoms with van der Waals surface area (Å²) in [7, 11) is -1.02. The Balaban J connectivity index is 1.77. The van der Waals surface area contributed by atoms with Gasteiger partial charge in [-0.2, -0.15) is 22.8 Å². The van der Waals surface area contributed by atoms with Crippen LogP contribution in [-0.2, 0) is 10.2 Å². The van der Waals surface area contributed by atoms with E-state index in [1.54, 1.807) is 26.2 Å². The van der Waals surface area contributed by atoms with Crippen molar-refractivity contribution in [2.24, 2.45) is 20.2 Å². The van der Waals surface area contributed by atoms with Gasteiger partial charge < -0.3 is 10.6 Å². The van der Waals surface area contributed by atoms with Crippen molar-refractivity contribution in [3.63, 3.8) is 0 Å². The Morgan fingerprint density at radius 2 is 1.71 bits per heavy atom. The van der Waals surface area contributed by atoms with Gasteiger partial charge in [-0.3, -0.25) is 0 Å². The maximum atomic E-state index is 13.7. The molecule has 0 aliphatic carbocycles. The quantitative estimate of drug-likeness (QED) is 0.449. The first-order valence-electron chi connectivity index (χ1n) is 12.1. The first-order chi connectivity index (χ1) is 17.9. The lowest BCUT2D eigenvalue weighted by Crippen LogP contribution is -2.43. The van der Waals surface area contributed by atoms with Gasteiger partial charge in [0.25, 0.3) is 11.9 Å². The number of hydrogen-bond acceptors (Lipinski definition) is 3. The molecule has 204 valence electrons. The van der Waals surface area contributed by atoms with Crippen molar-refractivity contribution in [1.82, 2.24) is 14.2 Å². The van der Waals surface area contributed by atoms with Crippen LogP contribution in [0.4, 0.5) is 8.78 Å². The number of aliphatic imine (C=N–C) groups is 1. The van der Waals surface area contributed by atoms with Crippen LogP contribution in [0.1, 0.15) is 36.3 Å². The van der Waals surface area contributed by atoms with Gasteiger partial charge in [-0.15, -0.1) is 4.40 Å². The summed E-state index contributed by atoms with van der Waals surface area (Å²) < 4.78 is 58.5. The van der Waals surface area contributed by atoms with E-state index < -0.39 is 29.0 Å². The molecule has 0 amide bonds. The molecule has 2 aromatic rings. The van der Waals surface area contributed by atoms with E-state index in [1.807, 2.05) is 42.5 Å². The summed E-state index contributed by atoms with van der Waals surface area (Å²) in [6.45, 7) is -0.379. The summed E-state index contributed by atoms with van der Waals surface area (Å²) in [6.07, 6.45) is -0.555. The third-order valence-electron chi connectivity index (χ3n) is 6.41. The molecule has 1 unspecified atom stereocenters. The number of piperidine rings is 1. The molecule has 2 aliphatic rings. The fraction of sp³-hybridized carbons (Fsp3) is 0.400. The average Bonchev–Trinajstić information content (AvgIpc) is 2.88. The number of halogens is 3. The van der Waals surface area contributed by atoms with Crippen molar-refractivity contribution in [2.75, 3.05) is 33.7 Å². The first kappa shape index (κ1) is 27.9. The van der Waals surface area contributed by atoms with Gasteiger partial charge in [0, 0.05) is 57.5 Å². The molecule has 1 atom stereocenters. The van der Waals surface area contributed by atoms with Gasteiger partial charge in [0.05, 0.1) is 5.71 Å². The van der Waals surface area contributed by atoms with Crippen LogP contribution in [0.15, 0.2) is 69.1 Å². The number of hydrogen-bond donors (Lipinski definition) is 1. The third-order valence-corrected chi connectivity index (χ3v) is 8.07. The number of benzene rings is 2. The molecule has 1 saturated heterocycles. The van der Waals surface area contributed by atoms with E-state index in [0.29, 0.717) is 23.7 Å². The predicted molar refractivity (Wildman–Crippen MR) is 146 cm³/mol. The Kier molecular flexibility index (Phi) is 8.34. The van der Waals surface area contributed by atoms with E-state index in [2.05, 4.69) is 9.39 Å². The predicted octanol–water partition coefficient (Wildman–Crippen LogP) is 3.74. The highest BCUT2D eigenvalue weighted by atomic mass is 35.5. The maximum absolute atomic E-state index is 13.7. The lowest BCUT2D eigenvalue weighted by Gasteiger charge is -2.32. The van der Waals surface area contributed by atoms with Gasteiger partial charge in [-0.1, -0.05) is 54.1 Å². The van der Waals surface area contributed by atoms with Crippen molar-refractivity contribution in [2.45, 2.75) is 31.1 Å². The van der Waals surface area contributed by atoms with Gasteiger partial charge in [0.2, 0.25) is 0 Å². The minimum atomic E-state index is -4.33. The molecule has 2 aromatic carbocycles. The van der Waals surface area contributed by atoms with Crippen LogP contribution in [0.5, 0.6) is 0 Å². The molecule has 13 heteroatoms. The second kappa shape index (κ2) is 11.3. The largest absolute Gasteiger partial charge is 0.369 e. The summed E-state index contributed by atoms with van der Waals surface area (Å²) in [6, 6.07) is 17.1. The van der Waals surface area contributed by atoms with Crippen LogP contribution < -0.4 is 5.73 Å². The Hall–Kier alpha value is -3.09. The van der Waals surface area contributed by atoms with E-state index in [0.717, 1.165) is 15.4 Å². The average molecular weight is 566 g/mol. The Labute approximate surface area is 226 Å². The molecule has 38 heavy (non-hydrogen) atoms. The van der Waals surface area contributed by atoms with Crippen LogP contribution in [0.2, 0.25) is 5.02 Å². The zero-order chi connectivity index (χ0) is 27.5. The molecule has 2 aliphatic heterocycles. The summed E-state index contributed by atoms with van der Waals surface area (Å²) >= 11 is 6.11. The fourth-order valence-electron chi connectivity index (χ4n) is 4.20. The van der Waals surface area contributed by atoms with Crippen LogP contribution in [0.3, 0.4) is 0 Å². The van der Waals surface area contributed by atoms with Crippen LogP contribution >= 0.6 is 11.6 Å². The number of hydrazone groups is 1. The zero-order valence-corrected chi connectivity index (χ0v) is 22.7. The van der Waals surface area contributed by atoms with Gasteiger partial charge >= 0.3 is 10.2 Å². The Morgan fingerprint density at radius 1 is 1.08 bits per heavy atom. The van der Waals surface area contributed by atoms with E-state index in [1.165, 1.54) is 9.91 Å². The summed E-state index contributed by atoms with van der Waals surface area (Å²) in [5.41, 5.74) is 8.57. The molecule has 2 heterocycles. The van der Waals surface area contributed by atoms with E-state index in [9.17, 15) is 17.2 Å². The smallest absolute Gasteiger partial charge is 0.325 e. The first-order valence-corrected chi connectivity index (χ1v) is 13.9. The lowest BCUT2D eigenvalue weighted by atomic mass is 9.86. The minimum absolute atomic E-state index is 0.0116. The van der Waals surface area contributed by atoms with Crippen molar-refractivity contribution in [3.8, 4) is 0 Å². The Bertz CT molecular complexity index is 1320. The number of rotatable bonds is 4. The van der Waals surface area contributed by atoms with Gasteiger partial charge in [0.15, 0.2) is 5.96 Å². The lowest BCUT2D eigenvalue weighted by molar-refractivity contribution is -0.0411.